The van der Waals surface area contributed by atoms with E-state index in [-0.39, 0.29) is 24.8 Å². The molecule has 19 heavy (non-hydrogen) atoms. The second kappa shape index (κ2) is 6.55. The zero-order chi connectivity index (χ0) is 14.5. The molecule has 0 saturated carbocycles. The largest absolute Gasteiger partial charge is 0.451 e. The van der Waals surface area contributed by atoms with E-state index in [1.807, 2.05) is 6.92 Å². The molecule has 0 fully saturated rings. The third-order valence-electron chi connectivity index (χ3n) is 2.46. The number of nitrogens with two attached hydrogens (primary N) is 1. The van der Waals surface area contributed by atoms with Crippen molar-refractivity contribution in [1.29, 1.82) is 0 Å². The van der Waals surface area contributed by atoms with E-state index in [9.17, 15) is 13.2 Å². The van der Waals surface area contributed by atoms with Gasteiger partial charge in [0.05, 0.1) is 6.61 Å². The number of unbranched alkanes of at least 4 members (excludes halogenated alkanes) is 1. The average molecular weight is 278 g/mol. The van der Waals surface area contributed by atoms with Gasteiger partial charge in [-0.05, 0) is 6.42 Å². The first-order valence-electron chi connectivity index (χ1n) is 5.96. The fourth-order valence-electron chi connectivity index (χ4n) is 1.55. The van der Waals surface area contributed by atoms with Crippen molar-refractivity contribution in [3.63, 3.8) is 0 Å². The van der Waals surface area contributed by atoms with Gasteiger partial charge in [0.25, 0.3) is 0 Å². The molecule has 1 heterocycles. The molecule has 0 spiro atoms. The van der Waals surface area contributed by atoms with Crippen molar-refractivity contribution < 1.29 is 18.3 Å². The zero-order valence-electron chi connectivity index (χ0n) is 10.6. The molecule has 1 aromatic rings. The maximum absolute atomic E-state index is 12.6. The number of nitrogen functional groups attached to an aromatic ring is 1. The first kappa shape index (κ1) is 15.5. The number of nitrogens with zero attached hydrogens (tertiary/aromatic N) is 3. The summed E-state index contributed by atoms with van der Waals surface area (Å²) in [7, 11) is 0. The molecular weight excluding hydrogens is 261 g/mol. The molecule has 0 amide bonds. The minimum absolute atomic E-state index is 0.0855. The molecule has 8 heteroatoms. The van der Waals surface area contributed by atoms with Crippen LogP contribution in [0.15, 0.2) is 6.07 Å². The summed E-state index contributed by atoms with van der Waals surface area (Å²) in [5, 5.41) is 8.96. The summed E-state index contributed by atoms with van der Waals surface area (Å²) < 4.78 is 37.8. The molecule has 0 unspecified atom stereocenters. The molecule has 1 aromatic heterocycles. The Bertz CT molecular complexity index is 411. The van der Waals surface area contributed by atoms with Gasteiger partial charge in [0.2, 0.25) is 5.82 Å². The number of hydrogen-bond donors (Lipinski definition) is 2. The normalized spacial score (nSPS) is 11.6. The Balaban J connectivity index is 3.05. The molecule has 0 aliphatic carbocycles. The van der Waals surface area contributed by atoms with Crippen molar-refractivity contribution in [3.05, 3.63) is 11.9 Å². The van der Waals surface area contributed by atoms with Crippen molar-refractivity contribution in [2.45, 2.75) is 25.9 Å². The fourth-order valence-corrected chi connectivity index (χ4v) is 1.55. The van der Waals surface area contributed by atoms with Crippen molar-refractivity contribution >= 4 is 11.6 Å². The molecular formula is C11H17F3N4O. The van der Waals surface area contributed by atoms with E-state index in [2.05, 4.69) is 9.97 Å². The van der Waals surface area contributed by atoms with Crippen molar-refractivity contribution in [2.75, 3.05) is 30.3 Å². The van der Waals surface area contributed by atoms with E-state index in [0.29, 0.717) is 6.54 Å². The Morgan fingerprint density at radius 3 is 2.53 bits per heavy atom. The van der Waals surface area contributed by atoms with E-state index in [4.69, 9.17) is 10.8 Å². The summed E-state index contributed by atoms with van der Waals surface area (Å²) >= 11 is 0. The van der Waals surface area contributed by atoms with E-state index in [1.54, 1.807) is 4.90 Å². The van der Waals surface area contributed by atoms with Crippen LogP contribution in [-0.2, 0) is 6.18 Å². The second-order valence-corrected chi connectivity index (χ2v) is 4.04. The lowest BCUT2D eigenvalue weighted by molar-refractivity contribution is -0.144. The third kappa shape index (κ3) is 4.55. The van der Waals surface area contributed by atoms with Crippen LogP contribution in [0.4, 0.5) is 24.8 Å². The highest BCUT2D eigenvalue weighted by Crippen LogP contribution is 2.28. The highest BCUT2D eigenvalue weighted by Gasteiger charge is 2.35. The van der Waals surface area contributed by atoms with Crippen LogP contribution in [0.1, 0.15) is 25.6 Å². The number of rotatable bonds is 6. The molecule has 0 saturated heterocycles. The van der Waals surface area contributed by atoms with Gasteiger partial charge in [-0.2, -0.15) is 13.2 Å². The van der Waals surface area contributed by atoms with Gasteiger partial charge in [-0.25, -0.2) is 9.97 Å². The van der Waals surface area contributed by atoms with Crippen LogP contribution in [0.5, 0.6) is 0 Å². The molecule has 0 radical (unpaired) electrons. The van der Waals surface area contributed by atoms with Crippen LogP contribution < -0.4 is 10.6 Å². The quantitative estimate of drug-likeness (QED) is 0.828. The third-order valence-corrected chi connectivity index (χ3v) is 2.46. The lowest BCUT2D eigenvalue weighted by Crippen LogP contribution is -2.29. The number of halogens is 3. The number of aromatic nitrogens is 2. The van der Waals surface area contributed by atoms with Crippen LogP contribution in [0, 0.1) is 0 Å². The summed E-state index contributed by atoms with van der Waals surface area (Å²) in [5.74, 6) is -1.42. The minimum atomic E-state index is -4.64. The topological polar surface area (TPSA) is 75.3 Å². The van der Waals surface area contributed by atoms with E-state index < -0.39 is 12.0 Å². The molecule has 3 N–H and O–H groups in total. The zero-order valence-corrected chi connectivity index (χ0v) is 10.6. The highest BCUT2D eigenvalue weighted by atomic mass is 19.4. The maximum atomic E-state index is 12.6. The van der Waals surface area contributed by atoms with Gasteiger partial charge >= 0.3 is 6.18 Å². The SMILES string of the molecule is CCCCN(CCO)c1cc(N)nc(C(F)(F)F)n1. The van der Waals surface area contributed by atoms with Crippen LogP contribution in [0.25, 0.3) is 0 Å². The van der Waals surface area contributed by atoms with Gasteiger partial charge in [0, 0.05) is 19.2 Å². The van der Waals surface area contributed by atoms with Gasteiger partial charge in [0.1, 0.15) is 11.6 Å². The standard InChI is InChI=1S/C11H17F3N4O/c1-2-3-4-18(5-6-19)9-7-8(15)16-10(17-9)11(12,13)14/h7,19H,2-6H2,1H3,(H2,15,16,17). The predicted octanol–water partition coefficient (Wildman–Crippen LogP) is 1.68. The molecule has 5 nitrogen and oxygen atoms in total. The lowest BCUT2D eigenvalue weighted by Gasteiger charge is -2.23. The monoisotopic (exact) mass is 278 g/mol. The summed E-state index contributed by atoms with van der Waals surface area (Å²) in [6.07, 6.45) is -2.97. The van der Waals surface area contributed by atoms with Gasteiger partial charge in [-0.1, -0.05) is 13.3 Å². The Hall–Kier alpha value is -1.57. The Kier molecular flexibility index (Phi) is 5.34. The van der Waals surface area contributed by atoms with Crippen molar-refractivity contribution in [1.82, 2.24) is 9.97 Å². The maximum Gasteiger partial charge on any atom is 0.451 e. The summed E-state index contributed by atoms with van der Waals surface area (Å²) in [6.45, 7) is 2.50. The number of hydrogen-bond acceptors (Lipinski definition) is 5. The average Bonchev–Trinajstić information content (AvgIpc) is 2.32. The first-order chi connectivity index (χ1) is 8.88. The molecule has 0 bridgehead atoms. The summed E-state index contributed by atoms with van der Waals surface area (Å²) in [4.78, 5) is 8.22. The first-order valence-corrected chi connectivity index (χ1v) is 5.96. The van der Waals surface area contributed by atoms with E-state index >= 15 is 0 Å². The van der Waals surface area contributed by atoms with Crippen LogP contribution in [0.3, 0.4) is 0 Å². The van der Waals surface area contributed by atoms with E-state index in [1.165, 1.54) is 6.07 Å². The van der Waals surface area contributed by atoms with Crippen molar-refractivity contribution in [3.8, 4) is 0 Å². The number of alkyl halides is 3. The van der Waals surface area contributed by atoms with Gasteiger partial charge in [-0.3, -0.25) is 0 Å². The van der Waals surface area contributed by atoms with Gasteiger partial charge in [0.15, 0.2) is 0 Å². The van der Waals surface area contributed by atoms with Gasteiger partial charge in [-0.15, -0.1) is 0 Å². The molecule has 0 aromatic carbocycles. The fraction of sp³-hybridized carbons (Fsp3) is 0.636. The Morgan fingerprint density at radius 1 is 1.32 bits per heavy atom. The second-order valence-electron chi connectivity index (χ2n) is 4.04. The smallest absolute Gasteiger partial charge is 0.395 e. The number of aliphatic hydroxyl groups excluding tert-OH is 1. The molecule has 0 atom stereocenters. The van der Waals surface area contributed by atoms with Crippen molar-refractivity contribution in [2.24, 2.45) is 0 Å². The van der Waals surface area contributed by atoms with Crippen LogP contribution in [-0.4, -0.2) is 34.8 Å². The molecule has 0 aliphatic rings. The molecule has 1 rings (SSSR count). The minimum Gasteiger partial charge on any atom is -0.395 e. The summed E-state index contributed by atoms with van der Waals surface area (Å²) in [5.41, 5.74) is 5.38. The van der Waals surface area contributed by atoms with Gasteiger partial charge < -0.3 is 15.7 Å². The summed E-state index contributed by atoms with van der Waals surface area (Å²) in [6, 6.07) is 1.28. The lowest BCUT2D eigenvalue weighted by atomic mass is 10.3. The number of aliphatic hydroxyl groups is 1. The molecule has 108 valence electrons. The highest BCUT2D eigenvalue weighted by molar-refractivity contribution is 5.47. The van der Waals surface area contributed by atoms with Crippen LogP contribution >= 0.6 is 0 Å². The Labute approximate surface area is 109 Å². The predicted molar refractivity (Wildman–Crippen MR) is 65.7 cm³/mol. The Morgan fingerprint density at radius 2 is 2.00 bits per heavy atom. The van der Waals surface area contributed by atoms with E-state index in [0.717, 1.165) is 12.8 Å². The molecule has 0 aliphatic heterocycles. The van der Waals surface area contributed by atoms with Crippen LogP contribution in [0.2, 0.25) is 0 Å². The number of anilines is 2.